The van der Waals surface area contributed by atoms with Gasteiger partial charge in [-0.05, 0) is 37.1 Å². The molecular weight excluding hydrogens is 262 g/mol. The summed E-state index contributed by atoms with van der Waals surface area (Å²) in [5, 5.41) is 10.3. The second kappa shape index (κ2) is 7.04. The smallest absolute Gasteiger partial charge is 0.253 e. The van der Waals surface area contributed by atoms with Gasteiger partial charge in [0.1, 0.15) is 6.10 Å². The first-order chi connectivity index (χ1) is 10.2. The molecule has 0 unspecified atom stereocenters. The number of nitrogens with zero attached hydrogens (tertiary/aromatic N) is 1. The van der Waals surface area contributed by atoms with Crippen molar-refractivity contribution in [3.8, 4) is 0 Å². The molecule has 21 heavy (non-hydrogen) atoms. The van der Waals surface area contributed by atoms with Crippen LogP contribution in [0.25, 0.3) is 0 Å². The summed E-state index contributed by atoms with van der Waals surface area (Å²) in [7, 11) is 0. The van der Waals surface area contributed by atoms with Gasteiger partial charge in [0.2, 0.25) is 0 Å². The van der Waals surface area contributed by atoms with Crippen LogP contribution < -0.4 is 0 Å². The number of aliphatic hydroxyl groups excluding tert-OH is 1. The van der Waals surface area contributed by atoms with Crippen molar-refractivity contribution in [2.75, 3.05) is 13.1 Å². The zero-order chi connectivity index (χ0) is 15.2. The summed E-state index contributed by atoms with van der Waals surface area (Å²) >= 11 is 0. The fourth-order valence-electron chi connectivity index (χ4n) is 2.33. The zero-order valence-corrected chi connectivity index (χ0v) is 12.5. The van der Waals surface area contributed by atoms with Gasteiger partial charge < -0.3 is 10.0 Å². The Morgan fingerprint density at radius 1 is 0.952 bits per heavy atom. The third-order valence-electron chi connectivity index (χ3n) is 3.64. The number of hydrogen-bond acceptors (Lipinski definition) is 2. The highest BCUT2D eigenvalue weighted by Crippen LogP contribution is 2.22. The van der Waals surface area contributed by atoms with Crippen molar-refractivity contribution in [2.24, 2.45) is 0 Å². The molecule has 1 N–H and O–H groups in total. The number of carbonyl (C=O) groups is 1. The van der Waals surface area contributed by atoms with Crippen LogP contribution in [0.2, 0.25) is 0 Å². The molecule has 0 heterocycles. The first-order valence-electron chi connectivity index (χ1n) is 7.29. The third kappa shape index (κ3) is 3.50. The highest BCUT2D eigenvalue weighted by Gasteiger charge is 2.14. The van der Waals surface area contributed by atoms with E-state index in [9.17, 15) is 9.90 Å². The summed E-state index contributed by atoms with van der Waals surface area (Å²) in [6, 6.07) is 16.7. The first kappa shape index (κ1) is 15.3. The summed E-state index contributed by atoms with van der Waals surface area (Å²) < 4.78 is 0. The molecule has 2 aromatic rings. The lowest BCUT2D eigenvalue weighted by molar-refractivity contribution is 0.0773. The average molecular weight is 283 g/mol. The van der Waals surface area contributed by atoms with E-state index in [1.54, 1.807) is 17.0 Å². The Kier molecular flexibility index (Phi) is 5.12. The molecule has 110 valence electrons. The molecular formula is C18H21NO2. The fourth-order valence-corrected chi connectivity index (χ4v) is 2.33. The Labute approximate surface area is 125 Å². The van der Waals surface area contributed by atoms with Crippen LogP contribution in [0.5, 0.6) is 0 Å². The van der Waals surface area contributed by atoms with E-state index in [4.69, 9.17) is 0 Å². The highest BCUT2D eigenvalue weighted by atomic mass is 16.3. The summed E-state index contributed by atoms with van der Waals surface area (Å²) in [6.07, 6.45) is -0.663. The quantitative estimate of drug-likeness (QED) is 0.915. The SMILES string of the molecule is CCN(CC)C(=O)c1ccc([C@H](O)c2ccccc2)cc1. The Bertz CT molecular complexity index is 574. The lowest BCUT2D eigenvalue weighted by Gasteiger charge is -2.19. The van der Waals surface area contributed by atoms with Gasteiger partial charge in [-0.2, -0.15) is 0 Å². The van der Waals surface area contributed by atoms with Crippen molar-refractivity contribution < 1.29 is 9.90 Å². The second-order valence-corrected chi connectivity index (χ2v) is 4.91. The molecule has 0 saturated heterocycles. The van der Waals surface area contributed by atoms with Crippen molar-refractivity contribution >= 4 is 5.91 Å². The van der Waals surface area contributed by atoms with Gasteiger partial charge in [0.25, 0.3) is 5.91 Å². The molecule has 1 amide bonds. The monoisotopic (exact) mass is 283 g/mol. The maximum atomic E-state index is 12.2. The minimum Gasteiger partial charge on any atom is -0.384 e. The van der Waals surface area contributed by atoms with Gasteiger partial charge in [-0.1, -0.05) is 42.5 Å². The highest BCUT2D eigenvalue weighted by molar-refractivity contribution is 5.94. The summed E-state index contributed by atoms with van der Waals surface area (Å²) in [5.74, 6) is 0.0285. The van der Waals surface area contributed by atoms with Crippen molar-refractivity contribution in [1.82, 2.24) is 4.90 Å². The first-order valence-corrected chi connectivity index (χ1v) is 7.29. The van der Waals surface area contributed by atoms with Crippen LogP contribution in [0, 0.1) is 0 Å². The Morgan fingerprint density at radius 3 is 2.00 bits per heavy atom. The molecule has 0 aromatic heterocycles. The van der Waals surface area contributed by atoms with Gasteiger partial charge in [-0.15, -0.1) is 0 Å². The number of amides is 1. The molecule has 0 radical (unpaired) electrons. The van der Waals surface area contributed by atoms with Crippen LogP contribution in [0.1, 0.15) is 41.4 Å². The molecule has 3 heteroatoms. The summed E-state index contributed by atoms with van der Waals surface area (Å²) in [5.41, 5.74) is 2.29. The van der Waals surface area contributed by atoms with E-state index in [1.165, 1.54) is 0 Å². The van der Waals surface area contributed by atoms with Gasteiger partial charge in [0.05, 0.1) is 0 Å². The third-order valence-corrected chi connectivity index (χ3v) is 3.64. The summed E-state index contributed by atoms with van der Waals surface area (Å²) in [4.78, 5) is 14.0. The van der Waals surface area contributed by atoms with Crippen molar-refractivity contribution in [1.29, 1.82) is 0 Å². The largest absolute Gasteiger partial charge is 0.384 e. The lowest BCUT2D eigenvalue weighted by atomic mass is 10.0. The number of carbonyl (C=O) groups excluding carboxylic acids is 1. The Balaban J connectivity index is 2.17. The van der Waals surface area contributed by atoms with Crippen molar-refractivity contribution in [3.63, 3.8) is 0 Å². The van der Waals surface area contributed by atoms with Crippen LogP contribution in [0.15, 0.2) is 54.6 Å². The molecule has 0 saturated carbocycles. The van der Waals surface area contributed by atoms with Crippen LogP contribution in [0.4, 0.5) is 0 Å². The van der Waals surface area contributed by atoms with Crippen LogP contribution in [-0.2, 0) is 0 Å². The molecule has 1 atom stereocenters. The topological polar surface area (TPSA) is 40.5 Å². The van der Waals surface area contributed by atoms with E-state index in [0.29, 0.717) is 18.7 Å². The predicted molar refractivity (Wildman–Crippen MR) is 84.2 cm³/mol. The number of aliphatic hydroxyl groups is 1. The second-order valence-electron chi connectivity index (χ2n) is 4.91. The standard InChI is InChI=1S/C18H21NO2/c1-3-19(4-2)18(21)16-12-10-15(11-13-16)17(20)14-8-6-5-7-9-14/h5-13,17,20H,3-4H2,1-2H3/t17-/m1/s1. The number of benzene rings is 2. The molecule has 0 fully saturated rings. The molecule has 0 aliphatic heterocycles. The van der Waals surface area contributed by atoms with E-state index in [2.05, 4.69) is 0 Å². The maximum absolute atomic E-state index is 12.2. The van der Waals surface area contributed by atoms with Gasteiger partial charge in [-0.25, -0.2) is 0 Å². The van der Waals surface area contributed by atoms with E-state index >= 15 is 0 Å². The molecule has 2 rings (SSSR count). The fraction of sp³-hybridized carbons (Fsp3) is 0.278. The van der Waals surface area contributed by atoms with E-state index in [-0.39, 0.29) is 5.91 Å². The molecule has 0 aliphatic rings. The number of rotatable bonds is 5. The summed E-state index contributed by atoms with van der Waals surface area (Å²) in [6.45, 7) is 5.33. The molecule has 0 spiro atoms. The van der Waals surface area contributed by atoms with E-state index < -0.39 is 6.10 Å². The molecule has 0 aliphatic carbocycles. The Hall–Kier alpha value is -2.13. The van der Waals surface area contributed by atoms with Gasteiger partial charge in [0, 0.05) is 18.7 Å². The number of hydrogen-bond donors (Lipinski definition) is 1. The van der Waals surface area contributed by atoms with Crippen molar-refractivity contribution in [2.45, 2.75) is 20.0 Å². The maximum Gasteiger partial charge on any atom is 0.253 e. The van der Waals surface area contributed by atoms with Crippen molar-refractivity contribution in [3.05, 3.63) is 71.3 Å². The average Bonchev–Trinajstić information content (AvgIpc) is 2.56. The zero-order valence-electron chi connectivity index (χ0n) is 12.5. The van der Waals surface area contributed by atoms with Gasteiger partial charge in [-0.3, -0.25) is 4.79 Å². The minimum absolute atomic E-state index is 0.0285. The van der Waals surface area contributed by atoms with Crippen LogP contribution in [-0.4, -0.2) is 29.0 Å². The van der Waals surface area contributed by atoms with Crippen LogP contribution in [0.3, 0.4) is 0 Å². The van der Waals surface area contributed by atoms with E-state index in [1.807, 2.05) is 56.3 Å². The Morgan fingerprint density at radius 2 is 1.48 bits per heavy atom. The van der Waals surface area contributed by atoms with Gasteiger partial charge >= 0.3 is 0 Å². The molecule has 0 bridgehead atoms. The van der Waals surface area contributed by atoms with E-state index in [0.717, 1.165) is 11.1 Å². The molecule has 2 aromatic carbocycles. The predicted octanol–water partition coefficient (Wildman–Crippen LogP) is 3.25. The normalized spacial score (nSPS) is 12.0. The van der Waals surface area contributed by atoms with Crippen LogP contribution >= 0.6 is 0 Å². The lowest BCUT2D eigenvalue weighted by Crippen LogP contribution is -2.30. The molecule has 3 nitrogen and oxygen atoms in total. The van der Waals surface area contributed by atoms with Gasteiger partial charge in [0.15, 0.2) is 0 Å². The minimum atomic E-state index is -0.663.